The van der Waals surface area contributed by atoms with E-state index in [1.54, 1.807) is 41.5 Å². The van der Waals surface area contributed by atoms with Crippen LogP contribution in [0.25, 0.3) is 11.4 Å². The third-order valence-corrected chi connectivity index (χ3v) is 4.99. The van der Waals surface area contributed by atoms with Crippen LogP contribution in [0.15, 0.2) is 54.6 Å². The predicted molar refractivity (Wildman–Crippen MR) is 143 cm³/mol. The highest BCUT2D eigenvalue weighted by molar-refractivity contribution is 5.73. The summed E-state index contributed by atoms with van der Waals surface area (Å²) in [6.07, 6.45) is 0.0631. The number of rotatable bonds is 10. The molecule has 0 spiro atoms. The minimum atomic E-state index is -0.687. The van der Waals surface area contributed by atoms with Gasteiger partial charge in [0.25, 0.3) is 0 Å². The number of nitrogens with one attached hydrogen (secondary N) is 1. The van der Waals surface area contributed by atoms with Crippen molar-refractivity contribution >= 4 is 12.1 Å². The van der Waals surface area contributed by atoms with E-state index in [2.05, 4.69) is 32.9 Å². The summed E-state index contributed by atoms with van der Waals surface area (Å²) in [6, 6.07) is 16.9. The summed E-state index contributed by atoms with van der Waals surface area (Å²) < 4.78 is 16.7. The Morgan fingerprint density at radius 3 is 2.34 bits per heavy atom. The van der Waals surface area contributed by atoms with E-state index >= 15 is 0 Å². The molecular weight excluding hydrogens is 486 g/mol. The summed E-state index contributed by atoms with van der Waals surface area (Å²) in [7, 11) is 0. The van der Waals surface area contributed by atoms with Gasteiger partial charge in [-0.25, -0.2) is 4.79 Å². The van der Waals surface area contributed by atoms with Gasteiger partial charge in [0.15, 0.2) is 0 Å². The van der Waals surface area contributed by atoms with Crippen LogP contribution in [0.3, 0.4) is 0 Å². The predicted octanol–water partition coefficient (Wildman–Crippen LogP) is 4.59. The number of benzene rings is 2. The average molecular weight is 524 g/mol. The third-order valence-electron chi connectivity index (χ3n) is 4.99. The minimum absolute atomic E-state index is 0.0852. The maximum absolute atomic E-state index is 12.5. The second kappa shape index (κ2) is 12.5. The molecule has 1 atom stereocenters. The Hall–Kier alpha value is -3.95. The molecule has 0 radical (unpaired) electrons. The minimum Gasteiger partial charge on any atom is -0.493 e. The maximum Gasteiger partial charge on any atom is 0.407 e. The topological polar surface area (TPSA) is 117 Å². The molecule has 0 bridgehead atoms. The van der Waals surface area contributed by atoms with Gasteiger partial charge in [-0.1, -0.05) is 42.5 Å². The van der Waals surface area contributed by atoms with Gasteiger partial charge in [0.05, 0.1) is 25.6 Å². The van der Waals surface area contributed by atoms with Crippen molar-refractivity contribution in [3.8, 4) is 17.1 Å². The fourth-order valence-corrected chi connectivity index (χ4v) is 3.51. The normalized spacial score (nSPS) is 12.5. The molecule has 0 aliphatic rings. The Morgan fingerprint density at radius 1 is 0.947 bits per heavy atom. The number of carbonyl (C=O) groups excluding carboxylic acids is 2. The number of amides is 1. The van der Waals surface area contributed by atoms with Crippen molar-refractivity contribution in [2.24, 2.45) is 0 Å². The highest BCUT2D eigenvalue weighted by Gasteiger charge is 2.25. The number of ether oxygens (including phenoxy) is 3. The van der Waals surface area contributed by atoms with Gasteiger partial charge in [0, 0.05) is 12.0 Å². The first-order valence-corrected chi connectivity index (χ1v) is 12.6. The van der Waals surface area contributed by atoms with Crippen molar-refractivity contribution in [2.75, 3.05) is 6.61 Å². The van der Waals surface area contributed by atoms with Gasteiger partial charge in [-0.2, -0.15) is 4.80 Å². The fraction of sp³-hybridized carbons (Fsp3) is 0.464. The van der Waals surface area contributed by atoms with Crippen LogP contribution in [0.4, 0.5) is 4.79 Å². The van der Waals surface area contributed by atoms with Gasteiger partial charge in [-0.3, -0.25) is 4.79 Å². The smallest absolute Gasteiger partial charge is 0.407 e. The zero-order valence-electron chi connectivity index (χ0n) is 22.9. The lowest BCUT2D eigenvalue weighted by atomic mass is 10.1. The highest BCUT2D eigenvalue weighted by Crippen LogP contribution is 2.21. The second-order valence-electron chi connectivity index (χ2n) is 10.9. The molecule has 3 aromatic rings. The molecule has 0 aliphatic carbocycles. The third kappa shape index (κ3) is 10.2. The zero-order chi connectivity index (χ0) is 27.8. The lowest BCUT2D eigenvalue weighted by Gasteiger charge is -2.24. The Balaban J connectivity index is 1.66. The van der Waals surface area contributed by atoms with Crippen LogP contribution in [0.5, 0.6) is 5.75 Å². The lowest BCUT2D eigenvalue weighted by molar-refractivity contribution is -0.155. The van der Waals surface area contributed by atoms with E-state index in [0.717, 1.165) is 12.0 Å². The Bertz CT molecular complexity index is 1170. The van der Waals surface area contributed by atoms with Gasteiger partial charge < -0.3 is 19.5 Å². The van der Waals surface area contributed by atoms with E-state index in [1.165, 1.54) is 10.4 Å². The molecule has 1 aromatic heterocycles. The van der Waals surface area contributed by atoms with Gasteiger partial charge in [-0.05, 0) is 64.5 Å². The van der Waals surface area contributed by atoms with E-state index in [0.29, 0.717) is 18.2 Å². The van der Waals surface area contributed by atoms with Gasteiger partial charge in [-0.15, -0.1) is 10.2 Å². The van der Waals surface area contributed by atoms with E-state index in [-0.39, 0.29) is 13.0 Å². The van der Waals surface area contributed by atoms with Crippen LogP contribution in [0.2, 0.25) is 0 Å². The van der Waals surface area contributed by atoms with E-state index < -0.39 is 29.3 Å². The summed E-state index contributed by atoms with van der Waals surface area (Å²) in [5.74, 6) is 0.634. The van der Waals surface area contributed by atoms with Crippen molar-refractivity contribution in [3.05, 3.63) is 60.2 Å². The molecule has 204 valence electrons. The summed E-state index contributed by atoms with van der Waals surface area (Å²) in [6.45, 7) is 11.3. The summed E-state index contributed by atoms with van der Waals surface area (Å²) in [5.41, 5.74) is 0.597. The number of tetrazole rings is 1. The average Bonchev–Trinajstić information content (AvgIpc) is 3.26. The molecule has 38 heavy (non-hydrogen) atoms. The molecule has 0 aliphatic heterocycles. The first-order valence-electron chi connectivity index (χ1n) is 12.6. The van der Waals surface area contributed by atoms with Gasteiger partial charge >= 0.3 is 12.1 Å². The molecule has 1 N–H and O–H groups in total. The highest BCUT2D eigenvalue weighted by atomic mass is 16.6. The van der Waals surface area contributed by atoms with Crippen LogP contribution < -0.4 is 10.1 Å². The molecule has 1 amide bonds. The number of hydrogen-bond acceptors (Lipinski definition) is 8. The zero-order valence-corrected chi connectivity index (χ0v) is 22.9. The van der Waals surface area contributed by atoms with E-state index in [1.807, 2.05) is 42.5 Å². The van der Waals surface area contributed by atoms with Crippen LogP contribution in [0, 0.1) is 0 Å². The monoisotopic (exact) mass is 523 g/mol. The molecule has 0 fully saturated rings. The lowest BCUT2D eigenvalue weighted by Crippen LogP contribution is -2.43. The number of aromatic nitrogens is 4. The number of hydrogen-bond donors (Lipinski definition) is 1. The van der Waals surface area contributed by atoms with Gasteiger partial charge in [0.2, 0.25) is 5.82 Å². The largest absolute Gasteiger partial charge is 0.493 e. The number of alkyl carbamates (subject to hydrolysis) is 1. The number of carbonyl (C=O) groups is 2. The number of nitrogens with zero attached hydrogens (tertiary/aromatic N) is 4. The fourth-order valence-electron chi connectivity index (χ4n) is 3.51. The van der Waals surface area contributed by atoms with Crippen molar-refractivity contribution < 1.29 is 23.8 Å². The molecule has 1 unspecified atom stereocenters. The molecule has 0 saturated heterocycles. The molecular formula is C28H37N5O5. The van der Waals surface area contributed by atoms with Crippen LogP contribution in [-0.2, 0) is 27.2 Å². The summed E-state index contributed by atoms with van der Waals surface area (Å²) >= 11 is 0. The SMILES string of the molecule is CC(C)(C)OC(=O)CC(Cn1nnc(-c2cccc(OCCc3ccccc3)c2)n1)NC(=O)OC(C)(C)C. The molecule has 1 heterocycles. The molecule has 0 saturated carbocycles. The quantitative estimate of drug-likeness (QED) is 0.384. The summed E-state index contributed by atoms with van der Waals surface area (Å²) in [4.78, 5) is 26.2. The van der Waals surface area contributed by atoms with Gasteiger partial charge in [0.1, 0.15) is 17.0 Å². The Morgan fingerprint density at radius 2 is 1.66 bits per heavy atom. The standard InChI is InChI=1S/C28H37N5O5/c1-27(2,3)37-24(34)18-22(29-26(35)38-28(4,5)6)19-33-31-25(30-32-33)21-13-10-14-23(17-21)36-16-15-20-11-8-7-9-12-20/h7-14,17,22H,15-16,18-19H2,1-6H3,(H,29,35). The van der Waals surface area contributed by atoms with Crippen LogP contribution >= 0.6 is 0 Å². The Labute approximate surface area is 223 Å². The maximum atomic E-state index is 12.5. The molecule has 10 nitrogen and oxygen atoms in total. The van der Waals surface area contributed by atoms with Crippen molar-refractivity contribution in [2.45, 2.75) is 78.2 Å². The van der Waals surface area contributed by atoms with E-state index in [4.69, 9.17) is 14.2 Å². The second-order valence-corrected chi connectivity index (χ2v) is 10.9. The van der Waals surface area contributed by atoms with Crippen molar-refractivity contribution in [3.63, 3.8) is 0 Å². The first kappa shape index (κ1) is 28.6. The van der Waals surface area contributed by atoms with Crippen LogP contribution in [-0.4, -0.2) is 56.1 Å². The Kier molecular flexibility index (Phi) is 9.44. The van der Waals surface area contributed by atoms with Crippen molar-refractivity contribution in [1.82, 2.24) is 25.5 Å². The number of esters is 1. The first-order chi connectivity index (χ1) is 17.9. The van der Waals surface area contributed by atoms with Crippen molar-refractivity contribution in [1.29, 1.82) is 0 Å². The molecule has 2 aromatic carbocycles. The summed E-state index contributed by atoms with van der Waals surface area (Å²) in [5, 5.41) is 15.4. The van der Waals surface area contributed by atoms with Crippen LogP contribution in [0.1, 0.15) is 53.5 Å². The van der Waals surface area contributed by atoms with E-state index in [9.17, 15) is 9.59 Å². The molecule has 10 heteroatoms. The molecule has 3 rings (SSSR count).